The molecule has 1 aliphatic heterocycles. The van der Waals surface area contributed by atoms with E-state index in [4.69, 9.17) is 13.9 Å². The summed E-state index contributed by atoms with van der Waals surface area (Å²) >= 11 is 0. The van der Waals surface area contributed by atoms with Gasteiger partial charge in [-0.1, -0.05) is 30.3 Å². The van der Waals surface area contributed by atoms with E-state index in [2.05, 4.69) is 10.6 Å². The van der Waals surface area contributed by atoms with Gasteiger partial charge in [0.05, 0.1) is 42.6 Å². The maximum Gasteiger partial charge on any atom is 0.198 e. The molecule has 37 heavy (non-hydrogen) atoms. The maximum absolute atomic E-state index is 13.8. The van der Waals surface area contributed by atoms with Gasteiger partial charge in [0.25, 0.3) is 0 Å². The van der Waals surface area contributed by atoms with Crippen molar-refractivity contribution in [2.75, 3.05) is 24.9 Å². The Hall–Kier alpha value is -4.52. The van der Waals surface area contributed by atoms with Gasteiger partial charge in [0.1, 0.15) is 11.8 Å². The van der Waals surface area contributed by atoms with Crippen LogP contribution in [0.15, 0.2) is 93.5 Å². The third kappa shape index (κ3) is 3.93. The molecule has 1 aliphatic carbocycles. The number of ether oxygens (including phenoxy) is 2. The molecule has 0 fully saturated rings. The predicted molar refractivity (Wildman–Crippen MR) is 142 cm³/mol. The van der Waals surface area contributed by atoms with Crippen LogP contribution in [-0.2, 0) is 4.79 Å². The second kappa shape index (κ2) is 9.17. The summed E-state index contributed by atoms with van der Waals surface area (Å²) < 4.78 is 16.7. The molecule has 2 heterocycles. The average Bonchev–Trinajstić information content (AvgIpc) is 3.10. The number of anilines is 2. The quantitative estimate of drug-likeness (QED) is 0.371. The first kappa shape index (κ1) is 22.9. The molecule has 0 spiro atoms. The molecule has 6 rings (SSSR count). The second-order valence-electron chi connectivity index (χ2n) is 9.30. The fourth-order valence-electron chi connectivity index (χ4n) is 5.36. The van der Waals surface area contributed by atoms with Crippen molar-refractivity contribution in [3.63, 3.8) is 0 Å². The van der Waals surface area contributed by atoms with Crippen molar-refractivity contribution >= 4 is 28.1 Å². The first-order valence-corrected chi connectivity index (χ1v) is 12.2. The van der Waals surface area contributed by atoms with Gasteiger partial charge in [-0.15, -0.1) is 0 Å². The minimum absolute atomic E-state index is 0.0219. The standard InChI is InChI=1S/C30H26N2O5/c1-35-26-12-11-17(15-27(26)36-2)18-13-23-28(24(33)14-18)29(32-22-9-5-4-8-21(22)31-23)20-16-37-25-10-6-3-7-19(25)30(20)34/h3-12,15-16,18,29,31-32H,13-14H2,1-2H3/t18-,29-/m1/s1. The molecule has 0 amide bonds. The minimum Gasteiger partial charge on any atom is -0.493 e. The average molecular weight is 495 g/mol. The number of carbonyl (C=O) groups is 1. The number of carbonyl (C=O) groups excluding carboxylic acids is 1. The summed E-state index contributed by atoms with van der Waals surface area (Å²) in [4.78, 5) is 27.4. The van der Waals surface area contributed by atoms with E-state index in [-0.39, 0.29) is 17.1 Å². The van der Waals surface area contributed by atoms with Gasteiger partial charge in [0.2, 0.25) is 0 Å². The number of benzene rings is 3. The monoisotopic (exact) mass is 494 g/mol. The molecule has 2 atom stereocenters. The molecule has 7 heteroatoms. The van der Waals surface area contributed by atoms with E-state index < -0.39 is 6.04 Å². The van der Waals surface area contributed by atoms with Crippen LogP contribution in [0, 0.1) is 0 Å². The molecule has 0 unspecified atom stereocenters. The molecule has 2 aliphatic rings. The molecule has 2 N–H and O–H groups in total. The summed E-state index contributed by atoms with van der Waals surface area (Å²) in [6.45, 7) is 0. The van der Waals surface area contributed by atoms with Gasteiger partial charge in [0.15, 0.2) is 22.7 Å². The summed E-state index contributed by atoms with van der Waals surface area (Å²) in [6, 6.07) is 20.0. The largest absolute Gasteiger partial charge is 0.493 e. The van der Waals surface area contributed by atoms with Gasteiger partial charge in [0, 0.05) is 17.7 Å². The Morgan fingerprint density at radius 3 is 2.43 bits per heavy atom. The Labute approximate surface area is 213 Å². The smallest absolute Gasteiger partial charge is 0.198 e. The van der Waals surface area contributed by atoms with Gasteiger partial charge in [-0.05, 0) is 54.3 Å². The first-order chi connectivity index (χ1) is 18.1. The highest BCUT2D eigenvalue weighted by Gasteiger charge is 2.37. The van der Waals surface area contributed by atoms with Crippen LogP contribution >= 0.6 is 0 Å². The van der Waals surface area contributed by atoms with Crippen molar-refractivity contribution < 1.29 is 18.7 Å². The summed E-state index contributed by atoms with van der Waals surface area (Å²) in [7, 11) is 3.20. The van der Waals surface area contributed by atoms with E-state index in [1.165, 1.54) is 6.26 Å². The number of methoxy groups -OCH3 is 2. The van der Waals surface area contributed by atoms with Crippen LogP contribution in [0.25, 0.3) is 11.0 Å². The van der Waals surface area contributed by atoms with Crippen molar-refractivity contribution in [1.82, 2.24) is 0 Å². The Bertz CT molecular complexity index is 1620. The van der Waals surface area contributed by atoms with Crippen LogP contribution in [0.4, 0.5) is 11.4 Å². The molecule has 4 aromatic rings. The normalized spacial score (nSPS) is 18.8. The fourth-order valence-corrected chi connectivity index (χ4v) is 5.36. The maximum atomic E-state index is 13.8. The number of allylic oxidation sites excluding steroid dienone is 1. The molecule has 0 bridgehead atoms. The van der Waals surface area contributed by atoms with Gasteiger partial charge >= 0.3 is 0 Å². The number of para-hydroxylation sites is 3. The lowest BCUT2D eigenvalue weighted by atomic mass is 9.78. The lowest BCUT2D eigenvalue weighted by Gasteiger charge is -2.29. The van der Waals surface area contributed by atoms with Crippen LogP contribution < -0.4 is 25.5 Å². The van der Waals surface area contributed by atoms with E-state index in [0.29, 0.717) is 46.4 Å². The Kier molecular flexibility index (Phi) is 5.68. The second-order valence-corrected chi connectivity index (χ2v) is 9.30. The van der Waals surface area contributed by atoms with Gasteiger partial charge in [-0.3, -0.25) is 9.59 Å². The lowest BCUT2D eigenvalue weighted by Crippen LogP contribution is -2.29. The van der Waals surface area contributed by atoms with Crippen LogP contribution in [0.2, 0.25) is 0 Å². The van der Waals surface area contributed by atoms with E-state index in [0.717, 1.165) is 22.6 Å². The Balaban J connectivity index is 1.48. The summed E-state index contributed by atoms with van der Waals surface area (Å²) in [5, 5.41) is 7.45. The third-order valence-corrected chi connectivity index (χ3v) is 7.21. The topological polar surface area (TPSA) is 89.8 Å². The van der Waals surface area contributed by atoms with Crippen LogP contribution in [-0.4, -0.2) is 20.0 Å². The van der Waals surface area contributed by atoms with Gasteiger partial charge in [-0.25, -0.2) is 0 Å². The van der Waals surface area contributed by atoms with Crippen molar-refractivity contribution in [1.29, 1.82) is 0 Å². The van der Waals surface area contributed by atoms with E-state index >= 15 is 0 Å². The highest BCUT2D eigenvalue weighted by Crippen LogP contribution is 2.45. The number of fused-ring (bicyclic) bond motifs is 2. The molecule has 7 nitrogen and oxygen atoms in total. The minimum atomic E-state index is -0.647. The van der Waals surface area contributed by atoms with Crippen LogP contribution in [0.1, 0.15) is 35.9 Å². The summed E-state index contributed by atoms with van der Waals surface area (Å²) in [5.41, 5.74) is 4.78. The molecular weight excluding hydrogens is 468 g/mol. The van der Waals surface area contributed by atoms with E-state index in [1.54, 1.807) is 26.4 Å². The van der Waals surface area contributed by atoms with E-state index in [1.807, 2.05) is 54.6 Å². The molecule has 186 valence electrons. The predicted octanol–water partition coefficient (Wildman–Crippen LogP) is 5.79. The zero-order valence-corrected chi connectivity index (χ0v) is 20.5. The number of nitrogens with one attached hydrogen (secondary N) is 2. The van der Waals surface area contributed by atoms with Gasteiger partial charge < -0.3 is 24.5 Å². The highest BCUT2D eigenvalue weighted by atomic mass is 16.5. The number of ketones is 1. The zero-order valence-electron chi connectivity index (χ0n) is 20.5. The van der Waals surface area contributed by atoms with Crippen molar-refractivity contribution in [2.24, 2.45) is 0 Å². The van der Waals surface area contributed by atoms with Crippen molar-refractivity contribution in [2.45, 2.75) is 24.8 Å². The van der Waals surface area contributed by atoms with Crippen molar-refractivity contribution in [3.8, 4) is 11.5 Å². The van der Waals surface area contributed by atoms with Crippen LogP contribution in [0.5, 0.6) is 11.5 Å². The van der Waals surface area contributed by atoms with Gasteiger partial charge in [-0.2, -0.15) is 0 Å². The molecule has 1 aromatic heterocycles. The lowest BCUT2D eigenvalue weighted by molar-refractivity contribution is -0.116. The number of hydrogen-bond donors (Lipinski definition) is 2. The zero-order chi connectivity index (χ0) is 25.5. The first-order valence-electron chi connectivity index (χ1n) is 12.2. The molecule has 0 radical (unpaired) electrons. The molecular formula is C30H26N2O5. The fraction of sp³-hybridized carbons (Fsp3) is 0.200. The SMILES string of the molecule is COc1ccc([C@H]2CC(=O)C3=C(C2)Nc2ccccc2N[C@@H]3c2coc3ccccc3c2=O)cc1OC. The highest BCUT2D eigenvalue weighted by molar-refractivity contribution is 6.01. The molecule has 0 saturated carbocycles. The third-order valence-electron chi connectivity index (χ3n) is 7.21. The van der Waals surface area contributed by atoms with Crippen LogP contribution in [0.3, 0.4) is 0 Å². The summed E-state index contributed by atoms with van der Waals surface area (Å²) in [6.07, 6.45) is 2.39. The number of hydrogen-bond acceptors (Lipinski definition) is 7. The Morgan fingerprint density at radius 2 is 1.62 bits per heavy atom. The number of Topliss-reactive ketones (excluding diaryl/α,β-unsaturated/α-hetero) is 1. The molecule has 3 aromatic carbocycles. The van der Waals surface area contributed by atoms with Crippen molar-refractivity contribution in [3.05, 3.63) is 106 Å². The Morgan fingerprint density at radius 1 is 0.865 bits per heavy atom. The summed E-state index contributed by atoms with van der Waals surface area (Å²) in [5.74, 6) is 1.19. The van der Waals surface area contributed by atoms with E-state index in [9.17, 15) is 9.59 Å². The molecule has 0 saturated heterocycles. The number of rotatable bonds is 4.